The highest BCUT2D eigenvalue weighted by atomic mass is 32.2. The van der Waals surface area contributed by atoms with Crippen molar-refractivity contribution in [3.8, 4) is 0 Å². The lowest BCUT2D eigenvalue weighted by atomic mass is 9.86. The Kier molecular flexibility index (Phi) is 26.9. The van der Waals surface area contributed by atoms with Gasteiger partial charge in [-0.3, -0.25) is 14.8 Å². The van der Waals surface area contributed by atoms with Gasteiger partial charge in [0, 0.05) is 60.8 Å². The summed E-state index contributed by atoms with van der Waals surface area (Å²) in [5.74, 6) is -3.21. The normalized spacial score (nSPS) is 16.2. The molecule has 6 aromatic heterocycles. The first-order valence-electron chi connectivity index (χ1n) is 34.1. The quantitative estimate of drug-likeness (QED) is 0.0530. The largest absolute Gasteiger partial charge is 0.478 e. The van der Waals surface area contributed by atoms with E-state index in [-0.39, 0.29) is 57.3 Å². The molecule has 2 saturated heterocycles. The number of ether oxygens (including phenoxy) is 2. The number of hydrogen-bond donors (Lipinski definition) is 5. The number of carbonyl (C=O) groups excluding carboxylic acids is 3. The van der Waals surface area contributed by atoms with Crippen LogP contribution in [0.1, 0.15) is 243 Å². The number of nitrogens with one attached hydrogen (secondary N) is 3. The van der Waals surface area contributed by atoms with Gasteiger partial charge in [-0.25, -0.2) is 52.6 Å². The number of primary sulfonamides is 1. The van der Waals surface area contributed by atoms with E-state index >= 15 is 0 Å². The number of pyridine rings is 6. The molecule has 23 nitrogen and oxygen atoms in total. The lowest BCUT2D eigenvalue weighted by molar-refractivity contribution is 0.0151. The third-order valence-corrected chi connectivity index (χ3v) is 18.7. The topological polar surface area (TPSA) is 321 Å². The molecule has 27 heteroatoms. The van der Waals surface area contributed by atoms with Crippen LogP contribution in [0.5, 0.6) is 0 Å². The molecule has 8 heterocycles. The second-order valence-electron chi connectivity index (χ2n) is 31.9. The second kappa shape index (κ2) is 33.2. The lowest BCUT2D eigenvalue weighted by Gasteiger charge is -2.34. The summed E-state index contributed by atoms with van der Waals surface area (Å²) in [4.78, 5) is 77.8. The van der Waals surface area contributed by atoms with Gasteiger partial charge in [-0.15, -0.1) is 0 Å². The van der Waals surface area contributed by atoms with E-state index in [4.69, 9.17) is 24.7 Å². The maximum atomic E-state index is 14.8. The first-order chi connectivity index (χ1) is 46.6. The molecule has 0 aromatic carbocycles. The minimum Gasteiger partial charge on any atom is -0.478 e. The van der Waals surface area contributed by atoms with Crippen molar-refractivity contribution >= 4 is 55.7 Å². The highest BCUT2D eigenvalue weighted by molar-refractivity contribution is 7.90. The highest BCUT2D eigenvalue weighted by Gasteiger charge is 2.33. The Morgan fingerprint density at radius 2 is 1.02 bits per heavy atom. The van der Waals surface area contributed by atoms with Crippen LogP contribution in [-0.2, 0) is 51.2 Å². The molecule has 8 rings (SSSR count). The Balaban J connectivity index is 0.000000274. The van der Waals surface area contributed by atoms with Crippen molar-refractivity contribution in [1.82, 2.24) is 44.4 Å². The van der Waals surface area contributed by atoms with E-state index in [9.17, 15) is 44.8 Å². The van der Waals surface area contributed by atoms with Crippen LogP contribution in [0.15, 0.2) is 107 Å². The molecule has 2 fully saturated rings. The predicted octanol–water partition coefficient (Wildman–Crippen LogP) is 14.5. The number of carboxylic acid groups (broad SMARTS) is 1. The molecular formula is C74H104F2N12O11S2. The zero-order chi connectivity index (χ0) is 75.4. The van der Waals surface area contributed by atoms with E-state index in [0.717, 1.165) is 67.5 Å². The molecule has 2 unspecified atom stereocenters. The van der Waals surface area contributed by atoms with Crippen LogP contribution in [0.3, 0.4) is 0 Å². The predicted molar refractivity (Wildman–Crippen MR) is 385 cm³/mol. The minimum absolute atomic E-state index is 0.0503. The van der Waals surface area contributed by atoms with Crippen LogP contribution in [0.4, 0.5) is 30.0 Å². The molecule has 0 saturated carbocycles. The van der Waals surface area contributed by atoms with Crippen LogP contribution in [-0.4, -0.2) is 123 Å². The van der Waals surface area contributed by atoms with Crippen molar-refractivity contribution in [2.45, 2.75) is 231 Å². The molecule has 3 amide bonds. The number of likely N-dealkylation sites (tertiary alicyclic amines) is 2. The number of halogens is 2. The van der Waals surface area contributed by atoms with Crippen LogP contribution in [0.2, 0.25) is 0 Å². The lowest BCUT2D eigenvalue weighted by Crippen LogP contribution is -2.43. The maximum absolute atomic E-state index is 14.8. The number of carbonyl (C=O) groups is 4. The molecule has 0 spiro atoms. The Hall–Kier alpha value is -8.30. The van der Waals surface area contributed by atoms with Gasteiger partial charge in [-0.2, -0.15) is 17.2 Å². The number of carboxylic acids is 1. The number of anilines is 2. The van der Waals surface area contributed by atoms with E-state index in [2.05, 4.69) is 83.2 Å². The van der Waals surface area contributed by atoms with Crippen molar-refractivity contribution in [3.63, 3.8) is 0 Å². The number of aromatic carboxylic acids is 1. The van der Waals surface area contributed by atoms with Gasteiger partial charge in [0.15, 0.2) is 10.1 Å². The number of rotatable bonds is 17. The van der Waals surface area contributed by atoms with E-state index in [1.807, 2.05) is 118 Å². The highest BCUT2D eigenvalue weighted by Crippen LogP contribution is 2.34. The fraction of sp³-hybridized carbons (Fsp3) is 0.541. The average Bonchev–Trinajstić information content (AvgIpc) is 0.784. The second-order valence-corrected chi connectivity index (χ2v) is 35.1. The molecule has 4 atom stereocenters. The Bertz CT molecular complexity index is 4090. The Morgan fingerprint density at radius 1 is 0.564 bits per heavy atom. The number of aromatic nitrogens is 6. The summed E-state index contributed by atoms with van der Waals surface area (Å²) in [6, 6.07) is 22.2. The molecule has 101 heavy (non-hydrogen) atoms. The van der Waals surface area contributed by atoms with Gasteiger partial charge in [0.1, 0.15) is 28.4 Å². The van der Waals surface area contributed by atoms with Gasteiger partial charge in [-0.1, -0.05) is 101 Å². The zero-order valence-corrected chi connectivity index (χ0v) is 63.4. The maximum Gasteiger partial charge on any atom is 0.410 e. The number of nitrogens with zero attached hydrogens (tertiary/aromatic N) is 8. The van der Waals surface area contributed by atoms with Crippen molar-refractivity contribution in [3.05, 3.63) is 154 Å². The number of sulfonamides is 2. The minimum atomic E-state index is -4.47. The first-order valence-corrected chi connectivity index (χ1v) is 37.1. The van der Waals surface area contributed by atoms with Gasteiger partial charge in [0.2, 0.25) is 11.9 Å². The van der Waals surface area contributed by atoms with E-state index in [0.29, 0.717) is 55.7 Å². The molecule has 0 aliphatic carbocycles. The van der Waals surface area contributed by atoms with Crippen LogP contribution >= 0.6 is 0 Å². The van der Waals surface area contributed by atoms with Gasteiger partial charge in [-0.05, 0) is 193 Å². The smallest absolute Gasteiger partial charge is 0.410 e. The van der Waals surface area contributed by atoms with Crippen molar-refractivity contribution < 1.29 is 59.4 Å². The van der Waals surface area contributed by atoms with Crippen molar-refractivity contribution in [1.29, 1.82) is 0 Å². The standard InChI is InChI=1S/C37H51FN6O5S.C27H41N5O4S.C10H12FNO2/c1-35(2,3)25-16-19-27(39-22-25)28(18-15-24-12-11-21-44(23-24)34(46)49-37(7,8)9)40-30-13-10-14-31(42-30)50(47,48)43-33(45)26-17-20-29(36(4,5)6)41-32(26)38;1-26(2,3)20-14-15-29-22(17-20)21(30-23-10-7-11-24(31-23)37(28,34)35)13-12-19-9-8-16-32(18-19)25(33)36-27(4,5)6;1-10(2,3)7-5-4-6(9(13)14)8(11)12-7/h10,13-14,16-17,19-20,22,24,28H,11-12,15,18,21,23H2,1-9H3,(H,40,42)(H,43,45);7,10-11,14-15,17,19,21H,8-9,12-13,16,18H2,1-6H3,(H,30,31)(H2,28,34,35);4-5H,1-3H3,(H,13,14)/t24-,28?;19-,21?;/m11./s1. The summed E-state index contributed by atoms with van der Waals surface area (Å²) in [5.41, 5.74) is 1.94. The Labute approximate surface area is 595 Å². The number of hydrogen-bond acceptors (Lipinski definition) is 18. The molecular weight excluding hydrogens is 1340 g/mol. The number of amides is 3. The molecule has 2 aliphatic heterocycles. The molecule has 0 bridgehead atoms. The molecule has 6 N–H and O–H groups in total. The fourth-order valence-corrected chi connectivity index (χ4v) is 12.5. The number of piperidine rings is 2. The van der Waals surface area contributed by atoms with Crippen LogP contribution in [0.25, 0.3) is 0 Å². The van der Waals surface area contributed by atoms with Crippen LogP contribution in [0, 0.1) is 23.7 Å². The van der Waals surface area contributed by atoms with Crippen molar-refractivity contribution in [2.24, 2.45) is 17.0 Å². The van der Waals surface area contributed by atoms with Gasteiger partial charge in [0.05, 0.1) is 29.0 Å². The Morgan fingerprint density at radius 3 is 1.44 bits per heavy atom. The fourth-order valence-electron chi connectivity index (χ4n) is 11.1. The third-order valence-electron chi connectivity index (χ3n) is 16.7. The van der Waals surface area contributed by atoms with Gasteiger partial charge >= 0.3 is 18.2 Å². The zero-order valence-electron chi connectivity index (χ0n) is 61.8. The van der Waals surface area contributed by atoms with Gasteiger partial charge in [0.25, 0.3) is 26.0 Å². The summed E-state index contributed by atoms with van der Waals surface area (Å²) in [7, 11) is -8.40. The van der Waals surface area contributed by atoms with E-state index in [1.54, 1.807) is 28.0 Å². The van der Waals surface area contributed by atoms with Crippen LogP contribution < -0.4 is 20.5 Å². The molecule has 552 valence electrons. The molecule has 6 aromatic rings. The summed E-state index contributed by atoms with van der Waals surface area (Å²) >= 11 is 0. The summed E-state index contributed by atoms with van der Waals surface area (Å²) < 4.78 is 91.3. The van der Waals surface area contributed by atoms with Crippen molar-refractivity contribution in [2.75, 3.05) is 36.8 Å². The number of nitrogens with two attached hydrogens (primary N) is 1. The third kappa shape index (κ3) is 25.3. The molecule has 0 radical (unpaired) electrons. The van der Waals surface area contributed by atoms with Gasteiger partial charge < -0.3 is 35.0 Å². The average molecular weight is 1440 g/mol. The SMILES string of the molecule is CC(C)(C)OC(=O)N1CCC[C@H](CCC(Nc2cccc(S(=O)(=O)NC(=O)c3ccc(C(C)(C)C)nc3F)n2)c2ccc(C(C)(C)C)cn2)C1.CC(C)(C)OC(=O)N1CCC[C@H](CCC(Nc2cccc(S(N)(=O)=O)n2)c2cc(C(C)(C)C)ccn2)C1.CC(C)(C)c1ccc(C(=O)O)c(F)n1. The van der Waals surface area contributed by atoms with E-state index < -0.39 is 76.6 Å². The summed E-state index contributed by atoms with van der Waals surface area (Å²) in [6.45, 7) is 37.8. The monoisotopic (exact) mass is 1440 g/mol. The molecule has 2 aliphatic rings. The van der Waals surface area contributed by atoms with E-state index in [1.165, 1.54) is 42.5 Å². The first kappa shape index (κ1) is 81.7. The summed E-state index contributed by atoms with van der Waals surface area (Å²) in [5, 5.41) is 20.0. The summed E-state index contributed by atoms with van der Waals surface area (Å²) in [6.07, 6.45) is 9.84.